The van der Waals surface area contributed by atoms with Crippen molar-refractivity contribution in [3.8, 4) is 11.3 Å². The van der Waals surface area contributed by atoms with Crippen molar-refractivity contribution in [2.75, 3.05) is 56.8 Å². The van der Waals surface area contributed by atoms with E-state index in [1.807, 2.05) is 49.4 Å². The third kappa shape index (κ3) is 8.04. The zero-order chi connectivity index (χ0) is 34.3. The second-order valence-corrected chi connectivity index (χ2v) is 12.1. The maximum Gasteiger partial charge on any atom is 0.293 e. The highest BCUT2D eigenvalue weighted by Gasteiger charge is 2.22. The molecule has 0 spiro atoms. The minimum Gasteiger partial charge on any atom is -0.378 e. The van der Waals surface area contributed by atoms with E-state index in [-0.39, 0.29) is 30.0 Å². The van der Waals surface area contributed by atoms with Gasteiger partial charge in [-0.2, -0.15) is 5.06 Å². The summed E-state index contributed by atoms with van der Waals surface area (Å²) in [7, 11) is 1.66. The number of anilines is 3. The number of aromatic nitrogens is 2. The highest BCUT2D eigenvalue weighted by Crippen LogP contribution is 2.30. The van der Waals surface area contributed by atoms with Gasteiger partial charge in [0.15, 0.2) is 5.82 Å². The van der Waals surface area contributed by atoms with Crippen LogP contribution < -0.4 is 16.2 Å². The number of rotatable bonds is 10. The number of aryl methyl sites for hydroxylation is 1. The summed E-state index contributed by atoms with van der Waals surface area (Å²) in [5.74, 6) is 0.202. The van der Waals surface area contributed by atoms with Gasteiger partial charge in [0.2, 0.25) is 6.79 Å². The summed E-state index contributed by atoms with van der Waals surface area (Å²) in [4.78, 5) is 54.9. The van der Waals surface area contributed by atoms with Crippen molar-refractivity contribution in [2.45, 2.75) is 25.7 Å². The first-order valence-corrected chi connectivity index (χ1v) is 16.3. The smallest absolute Gasteiger partial charge is 0.293 e. The lowest BCUT2D eigenvalue weighted by Crippen LogP contribution is -2.40. The minimum absolute atomic E-state index is 0.0554. The fourth-order valence-electron chi connectivity index (χ4n) is 6.17. The number of ether oxygens (including phenoxy) is 1. The molecule has 2 saturated heterocycles. The fourth-order valence-corrected chi connectivity index (χ4v) is 6.17. The van der Waals surface area contributed by atoms with Crippen LogP contribution in [0.3, 0.4) is 0 Å². The first-order chi connectivity index (χ1) is 23.8. The fraction of sp³-hybridized carbons (Fsp3) is 0.333. The Balaban J connectivity index is 1.13. The Labute approximate surface area is 283 Å². The Morgan fingerprint density at radius 1 is 0.959 bits per heavy atom. The normalized spacial score (nSPS) is 15.6. The molecule has 13 heteroatoms. The van der Waals surface area contributed by atoms with Gasteiger partial charge in [-0.15, -0.1) is 0 Å². The number of carbonyl (C=O) groups is 2. The molecule has 0 bridgehead atoms. The van der Waals surface area contributed by atoms with Crippen LogP contribution in [0.2, 0.25) is 0 Å². The molecule has 2 aliphatic heterocycles. The quantitative estimate of drug-likeness (QED) is 0.123. The summed E-state index contributed by atoms with van der Waals surface area (Å²) in [6.45, 7) is 5.34. The van der Waals surface area contributed by atoms with E-state index < -0.39 is 0 Å². The molecule has 2 amide bonds. The van der Waals surface area contributed by atoms with E-state index in [9.17, 15) is 14.4 Å². The van der Waals surface area contributed by atoms with E-state index in [2.05, 4.69) is 20.5 Å². The molecule has 0 radical (unpaired) electrons. The standard InChI is InChI=1S/C36H40N6O7/c1-24-30(4-3-5-31(24)39-34(43)27-8-6-25(7-9-27)26-14-16-42(17-15-26)48-23-49-46)32-22-40(2)36(45)33(38-32)37-29-12-10-28(11-13-29)35(44)41-18-20-47-21-19-41/h3-13,22,26,46H,14-21,23H2,1-2H3,(H,37,38)(H,39,43). The zero-order valence-corrected chi connectivity index (χ0v) is 27.6. The number of piperidine rings is 1. The van der Waals surface area contributed by atoms with Crippen LogP contribution in [0, 0.1) is 6.92 Å². The van der Waals surface area contributed by atoms with Gasteiger partial charge < -0.3 is 24.8 Å². The number of hydrogen-bond donors (Lipinski definition) is 3. The maximum absolute atomic E-state index is 13.3. The molecule has 13 nitrogen and oxygen atoms in total. The van der Waals surface area contributed by atoms with E-state index in [0.29, 0.717) is 60.4 Å². The molecule has 0 saturated carbocycles. The summed E-state index contributed by atoms with van der Waals surface area (Å²) in [5, 5.41) is 16.4. The predicted molar refractivity (Wildman–Crippen MR) is 184 cm³/mol. The van der Waals surface area contributed by atoms with Gasteiger partial charge >= 0.3 is 0 Å². The second-order valence-electron chi connectivity index (χ2n) is 12.1. The summed E-state index contributed by atoms with van der Waals surface area (Å²) in [6.07, 6.45) is 3.45. The Morgan fingerprint density at radius 2 is 1.65 bits per heavy atom. The van der Waals surface area contributed by atoms with Gasteiger partial charge in [-0.3, -0.25) is 19.2 Å². The summed E-state index contributed by atoms with van der Waals surface area (Å²) in [5.41, 5.74) is 5.34. The van der Waals surface area contributed by atoms with Gasteiger partial charge in [-0.05, 0) is 79.3 Å². The van der Waals surface area contributed by atoms with Crippen molar-refractivity contribution >= 4 is 29.0 Å². The number of nitrogens with one attached hydrogen (secondary N) is 2. The summed E-state index contributed by atoms with van der Waals surface area (Å²) >= 11 is 0. The number of morpholine rings is 1. The zero-order valence-electron chi connectivity index (χ0n) is 27.6. The molecule has 0 atom stereocenters. The molecule has 256 valence electrons. The molecule has 2 aliphatic rings. The molecule has 0 unspecified atom stereocenters. The van der Waals surface area contributed by atoms with Gasteiger partial charge in [0.05, 0.1) is 18.9 Å². The van der Waals surface area contributed by atoms with Gasteiger partial charge in [0.1, 0.15) is 0 Å². The van der Waals surface area contributed by atoms with E-state index in [0.717, 1.165) is 42.6 Å². The second kappa shape index (κ2) is 15.5. The third-order valence-electron chi connectivity index (χ3n) is 9.01. The number of hydroxylamine groups is 2. The monoisotopic (exact) mass is 668 g/mol. The molecule has 3 aromatic carbocycles. The highest BCUT2D eigenvalue weighted by molar-refractivity contribution is 6.05. The van der Waals surface area contributed by atoms with Crippen LogP contribution in [0.15, 0.2) is 77.7 Å². The number of carbonyl (C=O) groups excluding carboxylic acids is 2. The van der Waals surface area contributed by atoms with Gasteiger partial charge in [-0.1, -0.05) is 24.3 Å². The van der Waals surface area contributed by atoms with Crippen LogP contribution in [0.4, 0.5) is 17.2 Å². The molecule has 1 aromatic heterocycles. The average molecular weight is 669 g/mol. The van der Waals surface area contributed by atoms with Crippen LogP contribution in [0.5, 0.6) is 0 Å². The lowest BCUT2D eigenvalue weighted by Gasteiger charge is -2.30. The number of amides is 2. The molecule has 3 N–H and O–H groups in total. The highest BCUT2D eigenvalue weighted by atomic mass is 17.1. The summed E-state index contributed by atoms with van der Waals surface area (Å²) < 4.78 is 6.81. The Hall–Kier alpha value is -4.92. The lowest BCUT2D eigenvalue weighted by molar-refractivity contribution is -0.346. The van der Waals surface area contributed by atoms with E-state index in [4.69, 9.17) is 14.8 Å². The topological polar surface area (TPSA) is 147 Å². The van der Waals surface area contributed by atoms with Crippen molar-refractivity contribution in [3.63, 3.8) is 0 Å². The van der Waals surface area contributed by atoms with Crippen LogP contribution in [-0.2, 0) is 21.5 Å². The first-order valence-electron chi connectivity index (χ1n) is 16.3. The van der Waals surface area contributed by atoms with Crippen molar-refractivity contribution in [2.24, 2.45) is 7.05 Å². The van der Waals surface area contributed by atoms with Gasteiger partial charge in [-0.25, -0.2) is 15.1 Å². The number of nitrogens with zero attached hydrogens (tertiary/aromatic N) is 4. The lowest BCUT2D eigenvalue weighted by atomic mass is 9.89. The number of hydrogen-bond acceptors (Lipinski definition) is 10. The van der Waals surface area contributed by atoms with Crippen molar-refractivity contribution in [1.29, 1.82) is 0 Å². The van der Waals surface area contributed by atoms with Crippen molar-refractivity contribution in [3.05, 3.63) is 106 Å². The third-order valence-corrected chi connectivity index (χ3v) is 9.01. The Kier molecular flexibility index (Phi) is 10.8. The number of benzene rings is 3. The molecule has 49 heavy (non-hydrogen) atoms. The van der Waals surface area contributed by atoms with Crippen molar-refractivity contribution in [1.82, 2.24) is 19.5 Å². The molecule has 6 rings (SSSR count). The molecule has 3 heterocycles. The predicted octanol–water partition coefficient (Wildman–Crippen LogP) is 4.78. The van der Waals surface area contributed by atoms with Crippen LogP contribution in [-0.4, -0.2) is 82.8 Å². The van der Waals surface area contributed by atoms with Crippen LogP contribution in [0.1, 0.15) is 50.6 Å². The largest absolute Gasteiger partial charge is 0.378 e. The maximum atomic E-state index is 13.3. The Bertz CT molecular complexity index is 1830. The SMILES string of the molecule is Cc1c(NC(=O)c2ccc(C3CCN(OCOO)CC3)cc2)cccc1-c1cn(C)c(=O)c(Nc2ccc(C(=O)N3CCOCC3)cc2)n1. The van der Waals surface area contributed by atoms with E-state index in [1.165, 1.54) is 4.57 Å². The summed E-state index contributed by atoms with van der Waals surface area (Å²) in [6, 6.07) is 20.2. The van der Waals surface area contributed by atoms with Crippen LogP contribution >= 0.6 is 0 Å². The van der Waals surface area contributed by atoms with Gasteiger partial charge in [0.25, 0.3) is 17.4 Å². The van der Waals surface area contributed by atoms with E-state index >= 15 is 0 Å². The average Bonchev–Trinajstić information content (AvgIpc) is 3.14. The Morgan fingerprint density at radius 3 is 2.35 bits per heavy atom. The minimum atomic E-state index is -0.307. The van der Waals surface area contributed by atoms with Gasteiger partial charge in [0, 0.05) is 67.5 Å². The molecule has 2 fully saturated rings. The molecular formula is C36H40N6O7. The van der Waals surface area contributed by atoms with E-state index in [1.54, 1.807) is 47.5 Å². The molecule has 0 aliphatic carbocycles. The van der Waals surface area contributed by atoms with Crippen LogP contribution in [0.25, 0.3) is 11.3 Å². The molecule has 4 aromatic rings. The molecular weight excluding hydrogens is 628 g/mol. The first kappa shape index (κ1) is 34.0. The van der Waals surface area contributed by atoms with Crippen molar-refractivity contribution < 1.29 is 29.3 Å².